The highest BCUT2D eigenvalue weighted by Crippen LogP contribution is 2.30. The van der Waals surface area contributed by atoms with Crippen molar-refractivity contribution in [1.82, 2.24) is 0 Å². The van der Waals surface area contributed by atoms with Crippen molar-refractivity contribution in [3.63, 3.8) is 0 Å². The summed E-state index contributed by atoms with van der Waals surface area (Å²) in [6.07, 6.45) is 1.10. The van der Waals surface area contributed by atoms with Gasteiger partial charge in [-0.25, -0.2) is 0 Å². The highest BCUT2D eigenvalue weighted by Gasteiger charge is 2.17. The topological polar surface area (TPSA) is 71.3 Å². The van der Waals surface area contributed by atoms with E-state index in [2.05, 4.69) is 10.6 Å². The van der Waals surface area contributed by atoms with Crippen LogP contribution < -0.4 is 10.6 Å². The van der Waals surface area contributed by atoms with E-state index in [1.165, 1.54) is 0 Å². The lowest BCUT2D eigenvalue weighted by atomic mass is 10.0. The molecule has 0 spiro atoms. The van der Waals surface area contributed by atoms with Gasteiger partial charge in [0.2, 0.25) is 5.91 Å². The van der Waals surface area contributed by atoms with Gasteiger partial charge in [-0.15, -0.1) is 0 Å². The first kappa shape index (κ1) is 16.4. The van der Waals surface area contributed by atoms with Crippen molar-refractivity contribution in [1.29, 1.82) is 0 Å². The van der Waals surface area contributed by atoms with Gasteiger partial charge in [0, 0.05) is 23.4 Å². The third-order valence-corrected chi connectivity index (χ3v) is 4.56. The maximum atomic E-state index is 12.5. The molecule has 0 saturated carbocycles. The van der Waals surface area contributed by atoms with Crippen LogP contribution in [0.15, 0.2) is 59.0 Å². The number of carbonyl (C=O) groups is 2. The van der Waals surface area contributed by atoms with E-state index in [0.29, 0.717) is 29.3 Å². The molecule has 0 saturated heterocycles. The number of benzene rings is 2. The second-order valence-corrected chi connectivity index (χ2v) is 6.43. The van der Waals surface area contributed by atoms with E-state index in [0.717, 1.165) is 16.8 Å². The molecule has 5 nitrogen and oxygen atoms in total. The molecule has 26 heavy (non-hydrogen) atoms. The maximum Gasteiger partial charge on any atom is 0.291 e. The smallest absolute Gasteiger partial charge is 0.291 e. The SMILES string of the molecule is O=C1CCc2cc(NC(=O)c3ccc(-c4ccccc4Cl)o3)ccc2N1. The molecule has 2 heterocycles. The van der Waals surface area contributed by atoms with Crippen LogP contribution in [0.1, 0.15) is 22.5 Å². The molecule has 0 radical (unpaired) electrons. The number of halogens is 1. The molecule has 3 aromatic rings. The van der Waals surface area contributed by atoms with Crippen LogP contribution in [0.2, 0.25) is 5.02 Å². The molecule has 0 bridgehead atoms. The molecule has 2 N–H and O–H groups in total. The molecular weight excluding hydrogens is 352 g/mol. The summed E-state index contributed by atoms with van der Waals surface area (Å²) in [6.45, 7) is 0. The number of carbonyl (C=O) groups excluding carboxylic acids is 2. The van der Waals surface area contributed by atoms with Gasteiger partial charge in [-0.3, -0.25) is 9.59 Å². The van der Waals surface area contributed by atoms with Crippen LogP contribution in [0.3, 0.4) is 0 Å². The van der Waals surface area contributed by atoms with Crippen molar-refractivity contribution in [2.45, 2.75) is 12.8 Å². The fourth-order valence-electron chi connectivity index (χ4n) is 2.92. The largest absolute Gasteiger partial charge is 0.451 e. The highest BCUT2D eigenvalue weighted by atomic mass is 35.5. The molecule has 2 aromatic carbocycles. The van der Waals surface area contributed by atoms with E-state index in [4.69, 9.17) is 16.0 Å². The summed E-state index contributed by atoms with van der Waals surface area (Å²) in [5.74, 6) is 0.403. The van der Waals surface area contributed by atoms with Crippen LogP contribution in [0.5, 0.6) is 0 Å². The Morgan fingerprint density at radius 3 is 2.77 bits per heavy atom. The molecule has 0 atom stereocenters. The number of furan rings is 1. The minimum Gasteiger partial charge on any atom is -0.451 e. The van der Waals surface area contributed by atoms with E-state index in [1.807, 2.05) is 24.3 Å². The number of aryl methyl sites for hydroxylation is 1. The van der Waals surface area contributed by atoms with E-state index < -0.39 is 0 Å². The number of rotatable bonds is 3. The second-order valence-electron chi connectivity index (χ2n) is 6.02. The average molecular weight is 367 g/mol. The van der Waals surface area contributed by atoms with Gasteiger partial charge in [0.15, 0.2) is 5.76 Å². The van der Waals surface area contributed by atoms with Gasteiger partial charge < -0.3 is 15.1 Å². The number of fused-ring (bicyclic) bond motifs is 1. The van der Waals surface area contributed by atoms with Gasteiger partial charge in [0.1, 0.15) is 5.76 Å². The van der Waals surface area contributed by atoms with Crippen LogP contribution in [-0.4, -0.2) is 11.8 Å². The fourth-order valence-corrected chi connectivity index (χ4v) is 3.15. The van der Waals surface area contributed by atoms with Gasteiger partial charge in [-0.05, 0) is 54.4 Å². The van der Waals surface area contributed by atoms with Crippen molar-refractivity contribution in [3.05, 3.63) is 70.9 Å². The summed E-state index contributed by atoms with van der Waals surface area (Å²) in [5, 5.41) is 6.20. The Kier molecular flexibility index (Phi) is 4.22. The Hall–Kier alpha value is -3.05. The van der Waals surface area contributed by atoms with E-state index >= 15 is 0 Å². The minimum atomic E-state index is -0.344. The first-order chi connectivity index (χ1) is 12.6. The van der Waals surface area contributed by atoms with E-state index in [9.17, 15) is 9.59 Å². The Labute approximate surface area is 155 Å². The Morgan fingerprint density at radius 2 is 1.92 bits per heavy atom. The third-order valence-electron chi connectivity index (χ3n) is 4.23. The van der Waals surface area contributed by atoms with Crippen LogP contribution in [0, 0.1) is 0 Å². The van der Waals surface area contributed by atoms with Crippen molar-refractivity contribution < 1.29 is 14.0 Å². The second kappa shape index (κ2) is 6.69. The van der Waals surface area contributed by atoms with E-state index in [1.54, 1.807) is 30.3 Å². The summed E-state index contributed by atoms with van der Waals surface area (Å²) in [4.78, 5) is 23.9. The molecule has 0 aliphatic carbocycles. The highest BCUT2D eigenvalue weighted by molar-refractivity contribution is 6.33. The number of anilines is 2. The predicted molar refractivity (Wildman–Crippen MR) is 100 cm³/mol. The number of hydrogen-bond acceptors (Lipinski definition) is 3. The van der Waals surface area contributed by atoms with Gasteiger partial charge in [0.25, 0.3) is 5.91 Å². The van der Waals surface area contributed by atoms with E-state index in [-0.39, 0.29) is 17.6 Å². The molecule has 1 aliphatic rings. The third kappa shape index (κ3) is 3.21. The Balaban J connectivity index is 1.53. The van der Waals surface area contributed by atoms with Gasteiger partial charge in [-0.1, -0.05) is 23.7 Å². The van der Waals surface area contributed by atoms with Crippen LogP contribution in [0.4, 0.5) is 11.4 Å². The first-order valence-corrected chi connectivity index (χ1v) is 8.57. The molecule has 130 valence electrons. The number of amides is 2. The van der Waals surface area contributed by atoms with Gasteiger partial charge >= 0.3 is 0 Å². The van der Waals surface area contributed by atoms with Crippen molar-refractivity contribution >= 4 is 34.8 Å². The number of nitrogens with one attached hydrogen (secondary N) is 2. The first-order valence-electron chi connectivity index (χ1n) is 8.19. The average Bonchev–Trinajstić information content (AvgIpc) is 3.12. The fraction of sp³-hybridized carbons (Fsp3) is 0.100. The summed E-state index contributed by atoms with van der Waals surface area (Å²) in [5.41, 5.74) is 3.18. The van der Waals surface area contributed by atoms with Crippen LogP contribution >= 0.6 is 11.6 Å². The molecule has 0 fully saturated rings. The van der Waals surface area contributed by atoms with Crippen molar-refractivity contribution in [3.8, 4) is 11.3 Å². The number of hydrogen-bond donors (Lipinski definition) is 2. The van der Waals surface area contributed by atoms with Crippen molar-refractivity contribution in [2.24, 2.45) is 0 Å². The maximum absolute atomic E-state index is 12.5. The van der Waals surface area contributed by atoms with Gasteiger partial charge in [0.05, 0.1) is 5.02 Å². The normalized spacial score (nSPS) is 13.0. The molecule has 1 aromatic heterocycles. The van der Waals surface area contributed by atoms with Crippen LogP contribution in [0.25, 0.3) is 11.3 Å². The lowest BCUT2D eigenvalue weighted by Gasteiger charge is -2.17. The zero-order valence-electron chi connectivity index (χ0n) is 13.7. The summed E-state index contributed by atoms with van der Waals surface area (Å²) in [6, 6.07) is 16.0. The standard InChI is InChI=1S/C20H15ClN2O3/c21-15-4-2-1-3-14(15)17-8-9-18(26-17)20(25)22-13-6-7-16-12(11-13)5-10-19(24)23-16/h1-4,6-9,11H,5,10H2,(H,22,25)(H,23,24). The lowest BCUT2D eigenvalue weighted by Crippen LogP contribution is -2.19. The summed E-state index contributed by atoms with van der Waals surface area (Å²) < 4.78 is 5.66. The molecule has 4 rings (SSSR count). The molecule has 6 heteroatoms. The molecular formula is C20H15ClN2O3. The van der Waals surface area contributed by atoms with Crippen molar-refractivity contribution in [2.75, 3.05) is 10.6 Å². The molecule has 2 amide bonds. The summed E-state index contributed by atoms with van der Waals surface area (Å²) >= 11 is 6.16. The molecule has 1 aliphatic heterocycles. The monoisotopic (exact) mass is 366 g/mol. The Morgan fingerprint density at radius 1 is 1.08 bits per heavy atom. The van der Waals surface area contributed by atoms with Crippen LogP contribution in [-0.2, 0) is 11.2 Å². The zero-order valence-corrected chi connectivity index (χ0v) is 14.5. The predicted octanol–water partition coefficient (Wildman–Crippen LogP) is 4.74. The van der Waals surface area contributed by atoms with Gasteiger partial charge in [-0.2, -0.15) is 0 Å². The molecule has 0 unspecified atom stereocenters. The Bertz CT molecular complexity index is 1010. The zero-order chi connectivity index (χ0) is 18.1. The quantitative estimate of drug-likeness (QED) is 0.703. The summed E-state index contributed by atoms with van der Waals surface area (Å²) in [7, 11) is 0. The lowest BCUT2D eigenvalue weighted by molar-refractivity contribution is -0.116. The minimum absolute atomic E-state index is 0.0111.